The number of hydrogen-bond donors (Lipinski definition) is 0. The van der Waals surface area contributed by atoms with Gasteiger partial charge >= 0.3 is 0 Å². The van der Waals surface area contributed by atoms with Gasteiger partial charge in [0.25, 0.3) is 0 Å². The van der Waals surface area contributed by atoms with Gasteiger partial charge in [-0.3, -0.25) is 4.79 Å². The molecule has 0 saturated carbocycles. The largest absolute Gasteiger partial charge is 0.298 e. The van der Waals surface area contributed by atoms with Gasteiger partial charge in [0, 0.05) is 10.9 Å². The Labute approximate surface area is 112 Å². The van der Waals surface area contributed by atoms with Crippen LogP contribution in [0.4, 0.5) is 0 Å². The van der Waals surface area contributed by atoms with Crippen molar-refractivity contribution in [2.24, 2.45) is 0 Å². The number of carbonyl (C=O) groups excluding carboxylic acids is 1. The zero-order valence-corrected chi connectivity index (χ0v) is 11.4. The molecule has 0 saturated heterocycles. The smallest absolute Gasteiger partial charge is 0.152 e. The highest BCUT2D eigenvalue weighted by Gasteiger charge is 2.06. The summed E-state index contributed by atoms with van der Waals surface area (Å²) in [4.78, 5) is 15.7. The summed E-state index contributed by atoms with van der Waals surface area (Å²) in [5, 5.41) is 1.89. The van der Waals surface area contributed by atoms with Crippen molar-refractivity contribution in [2.45, 2.75) is 31.2 Å². The number of aromatic nitrogens is 1. The highest BCUT2D eigenvalue weighted by atomic mass is 32.2. The molecule has 0 N–H and O–H groups in total. The molecule has 0 spiro atoms. The minimum Gasteiger partial charge on any atom is -0.298 e. The van der Waals surface area contributed by atoms with Crippen molar-refractivity contribution in [3.63, 3.8) is 0 Å². The van der Waals surface area contributed by atoms with E-state index in [9.17, 15) is 4.79 Å². The lowest BCUT2D eigenvalue weighted by Crippen LogP contribution is -1.92. The van der Waals surface area contributed by atoms with E-state index in [0.717, 1.165) is 28.0 Å². The fourth-order valence-corrected chi connectivity index (χ4v) is 2.81. The Kier molecular flexibility index (Phi) is 4.76. The maximum absolute atomic E-state index is 11.1. The van der Waals surface area contributed by atoms with Crippen molar-refractivity contribution in [2.75, 3.05) is 5.75 Å². The molecule has 2 rings (SSSR count). The third kappa shape index (κ3) is 3.10. The monoisotopic (exact) mass is 259 g/mol. The topological polar surface area (TPSA) is 30.0 Å². The molecule has 0 amide bonds. The number of carbonyl (C=O) groups is 1. The van der Waals surface area contributed by atoms with Gasteiger partial charge in [0.15, 0.2) is 6.29 Å². The molecule has 2 aromatic rings. The number of thioether (sulfide) groups is 1. The quantitative estimate of drug-likeness (QED) is 0.439. The SMILES string of the molecule is CCCCCSc1nc2ccccc2cc1C=O. The number of rotatable bonds is 6. The van der Waals surface area contributed by atoms with E-state index in [4.69, 9.17) is 0 Å². The molecule has 1 heterocycles. The molecule has 0 radical (unpaired) electrons. The molecule has 94 valence electrons. The minimum atomic E-state index is 0.704. The van der Waals surface area contributed by atoms with Crippen LogP contribution in [0, 0.1) is 0 Å². The first-order valence-corrected chi connectivity index (χ1v) is 7.31. The molecule has 0 aliphatic heterocycles. The molecule has 0 aliphatic rings. The highest BCUT2D eigenvalue weighted by molar-refractivity contribution is 7.99. The first-order valence-electron chi connectivity index (χ1n) is 6.33. The molecule has 2 nitrogen and oxygen atoms in total. The van der Waals surface area contributed by atoms with Crippen molar-refractivity contribution < 1.29 is 4.79 Å². The van der Waals surface area contributed by atoms with Crippen molar-refractivity contribution in [3.8, 4) is 0 Å². The number of nitrogens with zero attached hydrogens (tertiary/aromatic N) is 1. The van der Waals surface area contributed by atoms with Crippen LogP contribution in [-0.2, 0) is 0 Å². The van der Waals surface area contributed by atoms with Gasteiger partial charge in [-0.1, -0.05) is 38.0 Å². The van der Waals surface area contributed by atoms with E-state index in [1.54, 1.807) is 11.8 Å². The molecule has 3 heteroatoms. The van der Waals surface area contributed by atoms with Crippen molar-refractivity contribution in [1.82, 2.24) is 4.98 Å². The Bertz CT molecular complexity index is 539. The fraction of sp³-hybridized carbons (Fsp3) is 0.333. The summed E-state index contributed by atoms with van der Waals surface area (Å²) in [6, 6.07) is 9.84. The molecule has 0 unspecified atom stereocenters. The van der Waals surface area contributed by atoms with Gasteiger partial charge in [0.2, 0.25) is 0 Å². The van der Waals surface area contributed by atoms with Crippen LogP contribution in [0.5, 0.6) is 0 Å². The highest BCUT2D eigenvalue weighted by Crippen LogP contribution is 2.24. The third-order valence-corrected chi connectivity index (χ3v) is 3.92. The van der Waals surface area contributed by atoms with Gasteiger partial charge in [-0.2, -0.15) is 0 Å². The normalized spacial score (nSPS) is 10.7. The summed E-state index contributed by atoms with van der Waals surface area (Å²) in [5.74, 6) is 1.03. The average molecular weight is 259 g/mol. The number of para-hydroxylation sites is 1. The van der Waals surface area contributed by atoms with Crippen LogP contribution in [0.1, 0.15) is 36.5 Å². The zero-order valence-electron chi connectivity index (χ0n) is 10.6. The zero-order chi connectivity index (χ0) is 12.8. The number of benzene rings is 1. The van der Waals surface area contributed by atoms with Crippen LogP contribution in [-0.4, -0.2) is 17.0 Å². The average Bonchev–Trinajstić information content (AvgIpc) is 2.42. The van der Waals surface area contributed by atoms with E-state index < -0.39 is 0 Å². The van der Waals surface area contributed by atoms with Crippen LogP contribution in [0.15, 0.2) is 35.4 Å². The summed E-state index contributed by atoms with van der Waals surface area (Å²) in [6.45, 7) is 2.19. The van der Waals surface area contributed by atoms with Crippen molar-refractivity contribution >= 4 is 29.0 Å². The number of aldehydes is 1. The predicted molar refractivity (Wildman–Crippen MR) is 77.4 cm³/mol. The molecule has 1 aromatic heterocycles. The van der Waals surface area contributed by atoms with Gasteiger partial charge in [-0.25, -0.2) is 4.98 Å². The second-order valence-corrected chi connectivity index (χ2v) is 5.33. The molecule has 1 aromatic carbocycles. The molecule has 0 fully saturated rings. The Hall–Kier alpha value is -1.35. The van der Waals surface area contributed by atoms with Gasteiger partial charge in [0.1, 0.15) is 5.03 Å². The van der Waals surface area contributed by atoms with E-state index in [0.29, 0.717) is 5.56 Å². The van der Waals surface area contributed by atoms with Crippen LogP contribution >= 0.6 is 11.8 Å². The number of pyridine rings is 1. The van der Waals surface area contributed by atoms with E-state index in [1.807, 2.05) is 30.3 Å². The Morgan fingerprint density at radius 3 is 2.89 bits per heavy atom. The summed E-state index contributed by atoms with van der Waals surface area (Å²) < 4.78 is 0. The van der Waals surface area contributed by atoms with Gasteiger partial charge in [-0.15, -0.1) is 11.8 Å². The second-order valence-electron chi connectivity index (χ2n) is 4.25. The molecule has 0 aliphatic carbocycles. The summed E-state index contributed by atoms with van der Waals surface area (Å²) in [6.07, 6.45) is 4.53. The first-order chi connectivity index (χ1) is 8.85. The maximum atomic E-state index is 11.1. The van der Waals surface area contributed by atoms with Crippen molar-refractivity contribution in [3.05, 3.63) is 35.9 Å². The van der Waals surface area contributed by atoms with Crippen molar-refractivity contribution in [1.29, 1.82) is 0 Å². The number of fused-ring (bicyclic) bond motifs is 1. The predicted octanol–water partition coefficient (Wildman–Crippen LogP) is 4.33. The first kappa shape index (κ1) is 13.1. The number of unbranched alkanes of at least 4 members (excludes halogenated alkanes) is 2. The van der Waals surface area contributed by atoms with E-state index in [2.05, 4.69) is 11.9 Å². The molecule has 0 bridgehead atoms. The van der Waals surface area contributed by atoms with Gasteiger partial charge in [0.05, 0.1) is 5.52 Å². The molecular weight excluding hydrogens is 242 g/mol. The lowest BCUT2D eigenvalue weighted by molar-refractivity contribution is 0.112. The Balaban J connectivity index is 2.22. The number of hydrogen-bond acceptors (Lipinski definition) is 3. The molecule has 18 heavy (non-hydrogen) atoms. The summed E-state index contributed by atoms with van der Waals surface area (Å²) >= 11 is 1.68. The summed E-state index contributed by atoms with van der Waals surface area (Å²) in [7, 11) is 0. The third-order valence-electron chi connectivity index (χ3n) is 2.83. The van der Waals surface area contributed by atoms with Crippen LogP contribution in [0.2, 0.25) is 0 Å². The Morgan fingerprint density at radius 2 is 2.11 bits per heavy atom. The Morgan fingerprint density at radius 1 is 1.28 bits per heavy atom. The molecule has 0 atom stereocenters. The van der Waals surface area contributed by atoms with Crippen LogP contribution < -0.4 is 0 Å². The standard InChI is InChI=1S/C15H17NOS/c1-2-3-6-9-18-15-13(11-17)10-12-7-4-5-8-14(12)16-15/h4-5,7-8,10-11H,2-3,6,9H2,1H3. The van der Waals surface area contributed by atoms with Gasteiger partial charge < -0.3 is 0 Å². The molecular formula is C15H17NOS. The van der Waals surface area contributed by atoms with E-state index in [1.165, 1.54) is 19.3 Å². The van der Waals surface area contributed by atoms with Gasteiger partial charge in [-0.05, 0) is 24.3 Å². The van der Waals surface area contributed by atoms with Crippen LogP contribution in [0.25, 0.3) is 10.9 Å². The minimum absolute atomic E-state index is 0.704. The van der Waals surface area contributed by atoms with E-state index >= 15 is 0 Å². The fourth-order valence-electron chi connectivity index (χ4n) is 1.84. The second kappa shape index (κ2) is 6.55. The lowest BCUT2D eigenvalue weighted by atomic mass is 10.2. The van der Waals surface area contributed by atoms with E-state index in [-0.39, 0.29) is 0 Å². The lowest BCUT2D eigenvalue weighted by Gasteiger charge is -2.06. The maximum Gasteiger partial charge on any atom is 0.152 e. The van der Waals surface area contributed by atoms with Crippen LogP contribution in [0.3, 0.4) is 0 Å². The summed E-state index contributed by atoms with van der Waals surface area (Å²) in [5.41, 5.74) is 1.66.